The Morgan fingerprint density at radius 3 is 2.79 bits per heavy atom. The highest BCUT2D eigenvalue weighted by Gasteiger charge is 2.10. The number of rotatable bonds is 6. The number of carbonyl (C=O) groups is 1. The Morgan fingerprint density at radius 2 is 2.12 bits per heavy atom. The van der Waals surface area contributed by atoms with Gasteiger partial charge in [-0.2, -0.15) is 5.26 Å². The van der Waals surface area contributed by atoms with Gasteiger partial charge in [0.1, 0.15) is 0 Å². The molecule has 6 heteroatoms. The summed E-state index contributed by atoms with van der Waals surface area (Å²) < 4.78 is 18.6. The van der Waals surface area contributed by atoms with E-state index in [1.165, 1.54) is 13.2 Å². The van der Waals surface area contributed by atoms with Crippen molar-refractivity contribution in [1.82, 2.24) is 4.90 Å². The molecule has 0 spiro atoms. The van der Waals surface area contributed by atoms with E-state index in [1.807, 2.05) is 6.07 Å². The number of nitriles is 1. The van der Waals surface area contributed by atoms with Crippen molar-refractivity contribution >= 4 is 11.6 Å². The van der Waals surface area contributed by atoms with Gasteiger partial charge in [0.05, 0.1) is 25.3 Å². The lowest BCUT2D eigenvalue weighted by Gasteiger charge is -2.17. The summed E-state index contributed by atoms with van der Waals surface area (Å²) in [5.74, 6) is -0.445. The molecule has 124 valence electrons. The van der Waals surface area contributed by atoms with Gasteiger partial charge < -0.3 is 10.1 Å². The molecule has 1 amide bonds. The molecule has 1 N–H and O–H groups in total. The van der Waals surface area contributed by atoms with E-state index in [-0.39, 0.29) is 18.2 Å². The van der Waals surface area contributed by atoms with Gasteiger partial charge in [-0.25, -0.2) is 4.39 Å². The molecule has 2 aromatic carbocycles. The number of carbonyl (C=O) groups excluding carboxylic acids is 1. The fourth-order valence-corrected chi connectivity index (χ4v) is 2.29. The van der Waals surface area contributed by atoms with E-state index in [9.17, 15) is 9.18 Å². The fraction of sp³-hybridized carbons (Fsp3) is 0.222. The molecule has 2 rings (SSSR count). The van der Waals surface area contributed by atoms with E-state index in [4.69, 9.17) is 10.00 Å². The van der Waals surface area contributed by atoms with Crippen molar-refractivity contribution in [3.05, 3.63) is 59.4 Å². The smallest absolute Gasteiger partial charge is 0.238 e. The van der Waals surface area contributed by atoms with Crippen LogP contribution in [0.2, 0.25) is 0 Å². The minimum Gasteiger partial charge on any atom is -0.494 e. The topological polar surface area (TPSA) is 65.4 Å². The maximum absolute atomic E-state index is 13.7. The van der Waals surface area contributed by atoms with Crippen LogP contribution in [0.15, 0.2) is 42.5 Å². The van der Waals surface area contributed by atoms with Crippen molar-refractivity contribution < 1.29 is 13.9 Å². The Kier molecular flexibility index (Phi) is 5.88. The first-order chi connectivity index (χ1) is 11.5. The van der Waals surface area contributed by atoms with Crippen LogP contribution >= 0.6 is 0 Å². The van der Waals surface area contributed by atoms with Crippen molar-refractivity contribution in [2.45, 2.75) is 6.54 Å². The van der Waals surface area contributed by atoms with Gasteiger partial charge >= 0.3 is 0 Å². The predicted octanol–water partition coefficient (Wildman–Crippen LogP) is 2.78. The molecule has 0 aliphatic rings. The lowest BCUT2D eigenvalue weighted by atomic mass is 10.2. The van der Waals surface area contributed by atoms with Crippen LogP contribution in [0.5, 0.6) is 5.75 Å². The molecule has 0 unspecified atom stereocenters. The van der Waals surface area contributed by atoms with Crippen LogP contribution in [0, 0.1) is 17.1 Å². The van der Waals surface area contributed by atoms with E-state index < -0.39 is 5.82 Å². The number of anilines is 1. The zero-order valence-corrected chi connectivity index (χ0v) is 13.5. The molecule has 24 heavy (non-hydrogen) atoms. The lowest BCUT2D eigenvalue weighted by Crippen LogP contribution is -2.29. The van der Waals surface area contributed by atoms with Gasteiger partial charge in [-0.15, -0.1) is 0 Å². The molecule has 0 saturated carbocycles. The zero-order chi connectivity index (χ0) is 17.5. The zero-order valence-electron chi connectivity index (χ0n) is 13.5. The van der Waals surface area contributed by atoms with Gasteiger partial charge in [0.25, 0.3) is 0 Å². The highest BCUT2D eigenvalue weighted by Crippen LogP contribution is 2.18. The second-order valence-electron chi connectivity index (χ2n) is 5.38. The number of benzene rings is 2. The van der Waals surface area contributed by atoms with Crippen LogP contribution in [0.3, 0.4) is 0 Å². The van der Waals surface area contributed by atoms with Gasteiger partial charge in [0.15, 0.2) is 11.6 Å². The summed E-state index contributed by atoms with van der Waals surface area (Å²) in [6.07, 6.45) is 0. The number of ether oxygens (including phenoxy) is 1. The fourth-order valence-electron chi connectivity index (χ4n) is 2.29. The second kappa shape index (κ2) is 8.09. The maximum Gasteiger partial charge on any atom is 0.238 e. The Hall–Kier alpha value is -2.91. The first-order valence-electron chi connectivity index (χ1n) is 7.33. The van der Waals surface area contributed by atoms with E-state index in [0.717, 1.165) is 5.56 Å². The van der Waals surface area contributed by atoms with Crippen molar-refractivity contribution in [3.8, 4) is 11.8 Å². The summed E-state index contributed by atoms with van der Waals surface area (Å²) in [7, 11) is 3.18. The summed E-state index contributed by atoms with van der Waals surface area (Å²) in [6, 6.07) is 13.4. The molecule has 0 fully saturated rings. The summed E-state index contributed by atoms with van der Waals surface area (Å²) in [5, 5.41) is 11.6. The average molecular weight is 327 g/mol. The number of hydrogen-bond acceptors (Lipinski definition) is 4. The quantitative estimate of drug-likeness (QED) is 0.886. The molecule has 0 atom stereocenters. The van der Waals surface area contributed by atoms with E-state index in [1.54, 1.807) is 48.3 Å². The molecular weight excluding hydrogens is 309 g/mol. The van der Waals surface area contributed by atoms with Crippen molar-refractivity contribution in [2.75, 3.05) is 26.0 Å². The van der Waals surface area contributed by atoms with E-state index in [2.05, 4.69) is 5.32 Å². The number of nitrogens with one attached hydrogen (secondary N) is 1. The molecule has 0 saturated heterocycles. The Bertz CT molecular complexity index is 771. The van der Waals surface area contributed by atoms with Crippen LogP contribution in [-0.2, 0) is 11.3 Å². The summed E-state index contributed by atoms with van der Waals surface area (Å²) in [4.78, 5) is 13.8. The molecule has 5 nitrogen and oxygen atoms in total. The molecule has 0 aliphatic heterocycles. The van der Waals surface area contributed by atoms with Crippen LogP contribution in [-0.4, -0.2) is 31.5 Å². The van der Waals surface area contributed by atoms with Gasteiger partial charge in [-0.3, -0.25) is 9.69 Å². The minimum absolute atomic E-state index is 0.143. The number of hydrogen-bond donors (Lipinski definition) is 1. The molecule has 0 bridgehead atoms. The third kappa shape index (κ3) is 4.80. The largest absolute Gasteiger partial charge is 0.494 e. The van der Waals surface area contributed by atoms with Gasteiger partial charge in [0, 0.05) is 12.2 Å². The number of nitrogens with zero attached hydrogens (tertiary/aromatic N) is 2. The normalized spacial score (nSPS) is 10.3. The van der Waals surface area contributed by atoms with E-state index >= 15 is 0 Å². The molecule has 0 aliphatic carbocycles. The minimum atomic E-state index is -0.429. The SMILES string of the molecule is COc1ccc(CN(C)CC(=O)Nc2cccc(C#N)c2)cc1F. The predicted molar refractivity (Wildman–Crippen MR) is 89.1 cm³/mol. The summed E-state index contributed by atoms with van der Waals surface area (Å²) in [6.45, 7) is 0.566. The van der Waals surface area contributed by atoms with Crippen molar-refractivity contribution in [1.29, 1.82) is 5.26 Å². The lowest BCUT2D eigenvalue weighted by molar-refractivity contribution is -0.117. The first-order valence-corrected chi connectivity index (χ1v) is 7.33. The number of amides is 1. The average Bonchev–Trinajstić information content (AvgIpc) is 2.55. The molecule has 0 heterocycles. The van der Waals surface area contributed by atoms with Crippen LogP contribution < -0.4 is 10.1 Å². The van der Waals surface area contributed by atoms with Crippen LogP contribution in [0.4, 0.5) is 10.1 Å². The van der Waals surface area contributed by atoms with Gasteiger partial charge in [-0.05, 0) is 42.9 Å². The van der Waals surface area contributed by atoms with Crippen molar-refractivity contribution in [3.63, 3.8) is 0 Å². The highest BCUT2D eigenvalue weighted by atomic mass is 19.1. The first kappa shape index (κ1) is 17.4. The Balaban J connectivity index is 1.91. The van der Waals surface area contributed by atoms with Gasteiger partial charge in [-0.1, -0.05) is 12.1 Å². The number of halogens is 1. The van der Waals surface area contributed by atoms with Crippen LogP contribution in [0.1, 0.15) is 11.1 Å². The van der Waals surface area contributed by atoms with E-state index in [0.29, 0.717) is 17.8 Å². The van der Waals surface area contributed by atoms with Crippen LogP contribution in [0.25, 0.3) is 0 Å². The number of likely N-dealkylation sites (N-methyl/N-ethyl adjacent to an activating group) is 1. The molecule has 0 radical (unpaired) electrons. The maximum atomic E-state index is 13.7. The highest BCUT2D eigenvalue weighted by molar-refractivity contribution is 5.92. The Morgan fingerprint density at radius 1 is 1.33 bits per heavy atom. The van der Waals surface area contributed by atoms with Gasteiger partial charge in [0.2, 0.25) is 5.91 Å². The third-order valence-corrected chi connectivity index (χ3v) is 3.36. The standard InChI is InChI=1S/C18H18FN3O2/c1-22(11-14-6-7-17(24-2)16(19)9-14)12-18(23)21-15-5-3-4-13(8-15)10-20/h3-9H,11-12H2,1-2H3,(H,21,23). The van der Waals surface area contributed by atoms with Crippen molar-refractivity contribution in [2.24, 2.45) is 0 Å². The monoisotopic (exact) mass is 327 g/mol. The molecule has 0 aromatic heterocycles. The Labute approximate surface area is 140 Å². The third-order valence-electron chi connectivity index (χ3n) is 3.36. The molecule has 2 aromatic rings. The molecular formula is C18H18FN3O2. The number of methoxy groups -OCH3 is 1. The second-order valence-corrected chi connectivity index (χ2v) is 5.38. The summed E-state index contributed by atoms with van der Waals surface area (Å²) in [5.41, 5.74) is 1.80. The summed E-state index contributed by atoms with van der Waals surface area (Å²) >= 11 is 0.